The smallest absolute Gasteiger partial charge is 0.0458 e. The number of hydrogen-bond acceptors (Lipinski definition) is 3. The monoisotopic (exact) mass is 234 g/mol. The average molecular weight is 234 g/mol. The lowest BCUT2D eigenvalue weighted by atomic mass is 9.96. The molecule has 1 aromatic carbocycles. The molecule has 0 radical (unpaired) electrons. The van der Waals surface area contributed by atoms with E-state index in [9.17, 15) is 0 Å². The summed E-state index contributed by atoms with van der Waals surface area (Å²) in [5, 5.41) is 3.93. The summed E-state index contributed by atoms with van der Waals surface area (Å²) < 4.78 is 0. The third kappa shape index (κ3) is 1.54. The van der Waals surface area contributed by atoms with Crippen LogP contribution in [0.5, 0.6) is 0 Å². The molecule has 2 nitrogen and oxygen atoms in total. The van der Waals surface area contributed by atoms with Crippen molar-refractivity contribution in [2.45, 2.75) is 31.2 Å². The Kier molecular flexibility index (Phi) is 2.60. The van der Waals surface area contributed by atoms with E-state index in [1.165, 1.54) is 16.8 Å². The van der Waals surface area contributed by atoms with Crippen LogP contribution in [0.1, 0.15) is 29.7 Å². The molecule has 1 N–H and O–H groups in total. The Balaban J connectivity index is 2.16. The minimum absolute atomic E-state index is 0.413. The molecule has 0 amide bonds. The lowest BCUT2D eigenvalue weighted by molar-refractivity contribution is 0.562. The highest BCUT2D eigenvalue weighted by Gasteiger charge is 2.29. The van der Waals surface area contributed by atoms with E-state index in [-0.39, 0.29) is 0 Å². The maximum absolute atomic E-state index is 4.71. The summed E-state index contributed by atoms with van der Waals surface area (Å²) in [7, 11) is 0. The zero-order chi connectivity index (χ0) is 11.1. The first-order valence-corrected chi connectivity index (χ1v) is 6.56. The number of benzene rings is 1. The Morgan fingerprint density at radius 2 is 2.31 bits per heavy atom. The molecule has 0 saturated heterocycles. The molecule has 3 rings (SSSR count). The second kappa shape index (κ2) is 3.97. The van der Waals surface area contributed by atoms with Crippen molar-refractivity contribution in [1.82, 2.24) is 5.32 Å². The third-order valence-corrected chi connectivity index (χ3v) is 4.26. The zero-order valence-electron chi connectivity index (χ0n) is 9.61. The molecule has 2 aliphatic rings. The van der Waals surface area contributed by atoms with Gasteiger partial charge < -0.3 is 10.2 Å². The zero-order valence-corrected chi connectivity index (χ0v) is 10.5. The lowest BCUT2D eigenvalue weighted by Crippen LogP contribution is -2.41. The number of hydrogen-bond donors (Lipinski definition) is 2. The van der Waals surface area contributed by atoms with E-state index in [0.29, 0.717) is 11.3 Å². The van der Waals surface area contributed by atoms with E-state index >= 15 is 0 Å². The highest BCUT2D eigenvalue weighted by Crippen LogP contribution is 2.41. The van der Waals surface area contributed by atoms with E-state index in [1.807, 2.05) is 0 Å². The van der Waals surface area contributed by atoms with Gasteiger partial charge in [0.25, 0.3) is 0 Å². The number of para-hydroxylation sites is 1. The summed E-state index contributed by atoms with van der Waals surface area (Å²) in [6, 6.07) is 7.23. The van der Waals surface area contributed by atoms with Gasteiger partial charge >= 0.3 is 0 Å². The lowest BCUT2D eigenvalue weighted by Gasteiger charge is -2.38. The Labute approximate surface area is 102 Å². The van der Waals surface area contributed by atoms with E-state index in [2.05, 4.69) is 35.3 Å². The normalized spacial score (nSPS) is 28.5. The molecule has 0 spiro atoms. The van der Waals surface area contributed by atoms with Gasteiger partial charge in [-0.1, -0.05) is 18.2 Å². The summed E-state index contributed by atoms with van der Waals surface area (Å²) in [5.41, 5.74) is 4.30. The van der Waals surface area contributed by atoms with Crippen molar-refractivity contribution in [3.05, 3.63) is 29.3 Å². The second-order valence-corrected chi connectivity index (χ2v) is 5.46. The van der Waals surface area contributed by atoms with Crippen molar-refractivity contribution in [1.29, 1.82) is 0 Å². The van der Waals surface area contributed by atoms with Gasteiger partial charge in [-0.3, -0.25) is 0 Å². The van der Waals surface area contributed by atoms with Gasteiger partial charge in [0.05, 0.1) is 0 Å². The molecular weight excluding hydrogens is 216 g/mol. The minimum Gasteiger partial charge on any atom is -0.367 e. The van der Waals surface area contributed by atoms with Gasteiger partial charge in [0.15, 0.2) is 0 Å². The molecule has 0 bridgehead atoms. The highest BCUT2D eigenvalue weighted by atomic mass is 32.1. The summed E-state index contributed by atoms with van der Waals surface area (Å²) in [5.74, 6) is 0. The molecule has 0 aliphatic carbocycles. The number of nitrogens with one attached hydrogen (secondary N) is 1. The minimum atomic E-state index is 0.413. The predicted molar refractivity (Wildman–Crippen MR) is 71.3 cm³/mol. The quantitative estimate of drug-likeness (QED) is 0.670. The number of thiol groups is 1. The molecule has 0 aromatic heterocycles. The Bertz CT molecular complexity index is 405. The maximum Gasteiger partial charge on any atom is 0.0458 e. The van der Waals surface area contributed by atoms with Crippen molar-refractivity contribution in [3.8, 4) is 0 Å². The van der Waals surface area contributed by atoms with Crippen LogP contribution < -0.4 is 10.2 Å². The van der Waals surface area contributed by atoms with Gasteiger partial charge in [-0.2, -0.15) is 12.6 Å². The van der Waals surface area contributed by atoms with Gasteiger partial charge in [-0.05, 0) is 24.5 Å². The van der Waals surface area contributed by atoms with Crippen molar-refractivity contribution in [2.75, 3.05) is 18.0 Å². The van der Waals surface area contributed by atoms with Crippen molar-refractivity contribution in [3.63, 3.8) is 0 Å². The molecule has 3 heteroatoms. The van der Waals surface area contributed by atoms with E-state index < -0.39 is 0 Å². The average Bonchev–Trinajstić information content (AvgIpc) is 2.45. The van der Waals surface area contributed by atoms with Crippen molar-refractivity contribution in [2.24, 2.45) is 0 Å². The standard InChI is InChI=1S/C13H18N2S/c1-9-7-14-8-10-3-2-4-11-12(16)5-6-15(9)13(10)11/h2-4,9,12,14,16H,5-8H2,1H3. The first-order chi connectivity index (χ1) is 7.77. The largest absolute Gasteiger partial charge is 0.367 e. The van der Waals surface area contributed by atoms with Gasteiger partial charge in [0.1, 0.15) is 0 Å². The van der Waals surface area contributed by atoms with Crippen molar-refractivity contribution >= 4 is 18.3 Å². The summed E-state index contributed by atoms with van der Waals surface area (Å²) in [6.07, 6.45) is 1.16. The van der Waals surface area contributed by atoms with Crippen LogP contribution in [0.15, 0.2) is 18.2 Å². The van der Waals surface area contributed by atoms with Crippen LogP contribution in [0.4, 0.5) is 5.69 Å². The van der Waals surface area contributed by atoms with Gasteiger partial charge in [0, 0.05) is 36.6 Å². The molecule has 16 heavy (non-hydrogen) atoms. The van der Waals surface area contributed by atoms with Crippen LogP contribution in [0, 0.1) is 0 Å². The fourth-order valence-electron chi connectivity index (χ4n) is 2.87. The molecule has 1 aromatic rings. The number of anilines is 1. The predicted octanol–water partition coefficient (Wildman–Crippen LogP) is 2.36. The van der Waals surface area contributed by atoms with Gasteiger partial charge in [-0.15, -0.1) is 0 Å². The van der Waals surface area contributed by atoms with E-state index in [1.54, 1.807) is 0 Å². The molecular formula is C13H18N2S. The van der Waals surface area contributed by atoms with Crippen LogP contribution in [0.3, 0.4) is 0 Å². The highest BCUT2D eigenvalue weighted by molar-refractivity contribution is 7.80. The summed E-state index contributed by atoms with van der Waals surface area (Å²) >= 11 is 4.71. The SMILES string of the molecule is CC1CNCc2cccc3c2N1CCC3S. The molecule has 2 unspecified atom stereocenters. The number of rotatable bonds is 0. The van der Waals surface area contributed by atoms with Crippen molar-refractivity contribution < 1.29 is 0 Å². The third-order valence-electron chi connectivity index (χ3n) is 3.73. The molecule has 86 valence electrons. The molecule has 2 aliphatic heterocycles. The number of nitrogens with zero attached hydrogens (tertiary/aromatic N) is 1. The maximum atomic E-state index is 4.71. The van der Waals surface area contributed by atoms with Gasteiger partial charge in [-0.25, -0.2) is 0 Å². The fourth-order valence-corrected chi connectivity index (χ4v) is 3.19. The first-order valence-electron chi connectivity index (χ1n) is 6.04. The molecule has 2 atom stereocenters. The second-order valence-electron chi connectivity index (χ2n) is 4.83. The van der Waals surface area contributed by atoms with Crippen LogP contribution >= 0.6 is 12.6 Å². The first kappa shape index (κ1) is 10.5. The topological polar surface area (TPSA) is 15.3 Å². The Hall–Kier alpha value is -0.670. The summed E-state index contributed by atoms with van der Waals surface area (Å²) in [6.45, 7) is 5.51. The summed E-state index contributed by atoms with van der Waals surface area (Å²) in [4.78, 5) is 2.55. The Morgan fingerprint density at radius 3 is 3.19 bits per heavy atom. The molecule has 0 saturated carbocycles. The van der Waals surface area contributed by atoms with E-state index in [4.69, 9.17) is 12.6 Å². The van der Waals surface area contributed by atoms with Gasteiger partial charge in [0.2, 0.25) is 0 Å². The van der Waals surface area contributed by atoms with E-state index in [0.717, 1.165) is 26.1 Å². The van der Waals surface area contributed by atoms with Crippen LogP contribution in [-0.2, 0) is 6.54 Å². The van der Waals surface area contributed by atoms with Crippen LogP contribution in [-0.4, -0.2) is 19.1 Å². The van der Waals surface area contributed by atoms with Crippen LogP contribution in [0.25, 0.3) is 0 Å². The molecule has 0 fully saturated rings. The molecule has 2 heterocycles. The van der Waals surface area contributed by atoms with Crippen LogP contribution in [0.2, 0.25) is 0 Å². The fraction of sp³-hybridized carbons (Fsp3) is 0.538. The Morgan fingerprint density at radius 1 is 1.44 bits per heavy atom.